The molecule has 0 radical (unpaired) electrons. The molecule has 1 aliphatic heterocycles. The molecule has 0 saturated heterocycles. The van der Waals surface area contributed by atoms with E-state index in [2.05, 4.69) is 16.8 Å². The minimum Gasteiger partial charge on any atom is -0.309 e. The summed E-state index contributed by atoms with van der Waals surface area (Å²) in [5, 5.41) is 6.25. The first kappa shape index (κ1) is 11.3. The summed E-state index contributed by atoms with van der Waals surface area (Å²) < 4.78 is 0. The zero-order valence-electron chi connectivity index (χ0n) is 11.5. The highest BCUT2D eigenvalue weighted by molar-refractivity contribution is 7.10. The minimum absolute atomic E-state index is 0.630. The van der Waals surface area contributed by atoms with Gasteiger partial charge in [0.05, 0.1) is 0 Å². The van der Waals surface area contributed by atoms with E-state index in [4.69, 9.17) is 0 Å². The lowest BCUT2D eigenvalue weighted by Crippen LogP contribution is -2.53. The van der Waals surface area contributed by atoms with Gasteiger partial charge in [0.25, 0.3) is 0 Å². The van der Waals surface area contributed by atoms with Crippen LogP contribution in [0.1, 0.15) is 55.0 Å². The maximum Gasteiger partial charge on any atom is 0.0388 e. The maximum atomic E-state index is 3.93. The van der Waals surface area contributed by atoms with Crippen LogP contribution in [0.4, 0.5) is 0 Å². The minimum atomic E-state index is 0.630. The van der Waals surface area contributed by atoms with Gasteiger partial charge in [-0.15, -0.1) is 11.3 Å². The Hall–Kier alpha value is -0.340. The zero-order chi connectivity index (χ0) is 12.4. The van der Waals surface area contributed by atoms with Crippen LogP contribution in [0.3, 0.4) is 0 Å². The van der Waals surface area contributed by atoms with E-state index in [0.717, 1.165) is 17.8 Å². The Labute approximate surface area is 119 Å². The third-order valence-electron chi connectivity index (χ3n) is 6.49. The second-order valence-corrected chi connectivity index (χ2v) is 8.72. The van der Waals surface area contributed by atoms with Crippen molar-refractivity contribution < 1.29 is 0 Å². The zero-order valence-corrected chi connectivity index (χ0v) is 12.3. The highest BCUT2D eigenvalue weighted by Gasteiger charge is 2.55. The highest BCUT2D eigenvalue weighted by atomic mass is 32.1. The van der Waals surface area contributed by atoms with Gasteiger partial charge in [0.15, 0.2) is 0 Å². The lowest BCUT2D eigenvalue weighted by Gasteiger charge is -2.60. The summed E-state index contributed by atoms with van der Waals surface area (Å²) >= 11 is 1.99. The molecule has 2 heteroatoms. The molecule has 0 amide bonds. The van der Waals surface area contributed by atoms with Crippen LogP contribution in [0.25, 0.3) is 0 Å². The quantitative estimate of drug-likeness (QED) is 0.810. The number of hydrogen-bond donors (Lipinski definition) is 1. The van der Waals surface area contributed by atoms with Crippen LogP contribution in [0.2, 0.25) is 0 Å². The van der Waals surface area contributed by atoms with Crippen molar-refractivity contribution in [3.05, 3.63) is 21.9 Å². The van der Waals surface area contributed by atoms with Crippen LogP contribution < -0.4 is 5.32 Å². The van der Waals surface area contributed by atoms with E-state index in [9.17, 15) is 0 Å². The first-order chi connectivity index (χ1) is 9.32. The lowest BCUT2D eigenvalue weighted by molar-refractivity contribution is -0.0757. The average Bonchev–Trinajstić information content (AvgIpc) is 2.84. The van der Waals surface area contributed by atoms with E-state index in [0.29, 0.717) is 11.5 Å². The molecule has 4 saturated carbocycles. The Kier molecular flexibility index (Phi) is 2.30. The largest absolute Gasteiger partial charge is 0.309 e. The van der Waals surface area contributed by atoms with Gasteiger partial charge in [0, 0.05) is 17.5 Å². The van der Waals surface area contributed by atoms with Crippen LogP contribution in [0.15, 0.2) is 11.4 Å². The Morgan fingerprint density at radius 2 is 1.74 bits per heavy atom. The molecule has 1 aromatic rings. The molecule has 6 rings (SSSR count). The molecule has 1 atom stereocenters. The smallest absolute Gasteiger partial charge is 0.0388 e. The molecular formula is C17H23NS. The van der Waals surface area contributed by atoms with Crippen molar-refractivity contribution in [2.45, 2.75) is 51.0 Å². The lowest BCUT2D eigenvalue weighted by atomic mass is 9.47. The fourth-order valence-corrected chi connectivity index (χ4v) is 7.25. The van der Waals surface area contributed by atoms with Gasteiger partial charge in [-0.2, -0.15) is 0 Å². The number of fused-ring (bicyclic) bond motifs is 1. The molecule has 0 aromatic carbocycles. The molecule has 4 fully saturated rings. The van der Waals surface area contributed by atoms with Crippen molar-refractivity contribution in [3.63, 3.8) is 0 Å². The fourth-order valence-electron chi connectivity index (χ4n) is 6.33. The van der Waals surface area contributed by atoms with Crippen molar-refractivity contribution in [1.82, 2.24) is 5.32 Å². The molecule has 102 valence electrons. The third-order valence-corrected chi connectivity index (χ3v) is 7.49. The molecule has 1 N–H and O–H groups in total. The van der Waals surface area contributed by atoms with Crippen LogP contribution in [0, 0.1) is 23.2 Å². The van der Waals surface area contributed by atoms with Crippen molar-refractivity contribution >= 4 is 11.3 Å². The SMILES string of the molecule is c1cc2c(s1)CCNC2C12CC3CC(CC(C3)C1)C2. The van der Waals surface area contributed by atoms with Crippen molar-refractivity contribution in [2.75, 3.05) is 6.54 Å². The van der Waals surface area contributed by atoms with Gasteiger partial charge in [0.2, 0.25) is 0 Å². The molecule has 5 aliphatic rings. The molecule has 0 spiro atoms. The fraction of sp³-hybridized carbons (Fsp3) is 0.765. The van der Waals surface area contributed by atoms with E-state index in [1.165, 1.54) is 32.2 Å². The van der Waals surface area contributed by atoms with Gasteiger partial charge in [-0.05, 0) is 85.1 Å². The van der Waals surface area contributed by atoms with Crippen LogP contribution in [-0.2, 0) is 6.42 Å². The van der Waals surface area contributed by atoms with E-state index in [1.807, 2.05) is 11.3 Å². The van der Waals surface area contributed by atoms with Crippen molar-refractivity contribution in [3.8, 4) is 0 Å². The van der Waals surface area contributed by atoms with Gasteiger partial charge in [0.1, 0.15) is 0 Å². The second-order valence-electron chi connectivity index (χ2n) is 7.72. The summed E-state index contributed by atoms with van der Waals surface area (Å²) in [5.74, 6) is 3.20. The van der Waals surface area contributed by atoms with Crippen LogP contribution in [0.5, 0.6) is 0 Å². The van der Waals surface area contributed by atoms with Crippen molar-refractivity contribution in [1.29, 1.82) is 0 Å². The first-order valence-corrected chi connectivity index (χ1v) is 9.00. The topological polar surface area (TPSA) is 12.0 Å². The molecule has 19 heavy (non-hydrogen) atoms. The summed E-state index contributed by atoms with van der Waals surface area (Å²) in [5.41, 5.74) is 2.31. The van der Waals surface area contributed by atoms with Crippen LogP contribution >= 0.6 is 11.3 Å². The summed E-state index contributed by atoms with van der Waals surface area (Å²) in [4.78, 5) is 1.68. The maximum absolute atomic E-state index is 3.93. The molecule has 1 unspecified atom stereocenters. The summed E-state index contributed by atoms with van der Waals surface area (Å²) in [6.07, 6.45) is 10.5. The average molecular weight is 273 g/mol. The second kappa shape index (κ2) is 3.85. The standard InChI is InChI=1S/C17H23NS/c1-3-18-16(14-2-4-19-15(1)14)17-8-11-5-12(9-17)7-13(6-11)10-17/h2,4,11-13,16,18H,1,3,5-10H2. The molecule has 4 bridgehead atoms. The van der Waals surface area contributed by atoms with E-state index in [-0.39, 0.29) is 0 Å². The van der Waals surface area contributed by atoms with Gasteiger partial charge in [-0.25, -0.2) is 0 Å². The molecule has 4 aliphatic carbocycles. The summed E-state index contributed by atoms with van der Waals surface area (Å²) in [7, 11) is 0. The van der Waals surface area contributed by atoms with E-state index >= 15 is 0 Å². The molecule has 1 aromatic heterocycles. The van der Waals surface area contributed by atoms with Gasteiger partial charge < -0.3 is 5.32 Å². The summed E-state index contributed by atoms with van der Waals surface area (Å²) in [6, 6.07) is 3.12. The molecule has 2 heterocycles. The third kappa shape index (κ3) is 1.56. The Balaban J connectivity index is 1.57. The number of nitrogens with one attached hydrogen (secondary N) is 1. The van der Waals surface area contributed by atoms with E-state index < -0.39 is 0 Å². The van der Waals surface area contributed by atoms with Crippen LogP contribution in [-0.4, -0.2) is 6.54 Å². The van der Waals surface area contributed by atoms with Gasteiger partial charge >= 0.3 is 0 Å². The number of hydrogen-bond acceptors (Lipinski definition) is 2. The predicted molar refractivity (Wildman–Crippen MR) is 79.4 cm³/mol. The predicted octanol–water partition coefficient (Wildman–Crippen LogP) is 4.15. The number of rotatable bonds is 1. The highest BCUT2D eigenvalue weighted by Crippen LogP contribution is 2.64. The van der Waals surface area contributed by atoms with Crippen molar-refractivity contribution in [2.24, 2.45) is 23.2 Å². The normalized spacial score (nSPS) is 47.4. The van der Waals surface area contributed by atoms with Gasteiger partial charge in [-0.1, -0.05) is 0 Å². The Morgan fingerprint density at radius 3 is 2.42 bits per heavy atom. The Bertz CT molecular complexity index is 468. The summed E-state index contributed by atoms with van der Waals surface area (Å²) in [6.45, 7) is 1.21. The van der Waals surface area contributed by atoms with E-state index in [1.54, 1.807) is 29.7 Å². The molecule has 1 nitrogen and oxygen atoms in total. The Morgan fingerprint density at radius 1 is 1.05 bits per heavy atom. The van der Waals surface area contributed by atoms with Gasteiger partial charge in [-0.3, -0.25) is 0 Å². The molecular weight excluding hydrogens is 250 g/mol. The first-order valence-electron chi connectivity index (χ1n) is 8.12. The number of thiophene rings is 1. The monoisotopic (exact) mass is 273 g/mol.